The summed E-state index contributed by atoms with van der Waals surface area (Å²) in [5.41, 5.74) is 0. The fourth-order valence-corrected chi connectivity index (χ4v) is 0.882. The van der Waals surface area contributed by atoms with E-state index in [0.717, 1.165) is 6.54 Å². The lowest BCUT2D eigenvalue weighted by Gasteiger charge is -1.86. The van der Waals surface area contributed by atoms with Gasteiger partial charge in [0.1, 0.15) is 0 Å². The van der Waals surface area contributed by atoms with E-state index in [1.165, 1.54) is 0 Å². The van der Waals surface area contributed by atoms with Crippen molar-refractivity contribution in [2.75, 3.05) is 6.54 Å². The number of rotatable bonds is 0. The van der Waals surface area contributed by atoms with Gasteiger partial charge in [-0.2, -0.15) is 0 Å². The van der Waals surface area contributed by atoms with Crippen LogP contribution >= 0.6 is 15.9 Å². The fourth-order valence-electron chi connectivity index (χ4n) is 0.480. The third-order valence-corrected chi connectivity index (χ3v) is 1.39. The van der Waals surface area contributed by atoms with Gasteiger partial charge in [0.15, 0.2) is 0 Å². The van der Waals surface area contributed by atoms with Crippen molar-refractivity contribution in [3.63, 3.8) is 0 Å². The Hall–Kier alpha value is -0.0500. The summed E-state index contributed by atoms with van der Waals surface area (Å²) >= 11 is 3.24. The maximum atomic E-state index is 10.3. The van der Waals surface area contributed by atoms with E-state index in [2.05, 4.69) is 21.2 Å². The Bertz CT molecular complexity index is 93.7. The van der Waals surface area contributed by atoms with Crippen molar-refractivity contribution < 1.29 is 4.79 Å². The van der Waals surface area contributed by atoms with Gasteiger partial charge in [-0.3, -0.25) is 4.79 Å². The average Bonchev–Trinajstić information content (AvgIpc) is 1.87. The van der Waals surface area contributed by atoms with Crippen LogP contribution in [0.5, 0.6) is 0 Å². The summed E-state index contributed by atoms with van der Waals surface area (Å²) in [6.07, 6.45) is 1.61. The molecule has 1 rings (SSSR count). The van der Waals surface area contributed by atoms with E-state index in [4.69, 9.17) is 0 Å². The van der Waals surface area contributed by atoms with Crippen molar-refractivity contribution >= 4 is 21.8 Å². The first-order valence-electron chi connectivity index (χ1n) is 2.06. The van der Waals surface area contributed by atoms with Crippen molar-refractivity contribution in [3.8, 4) is 0 Å². The highest BCUT2D eigenvalue weighted by Crippen LogP contribution is 2.06. The normalized spacial score (nSPS) is 30.4. The van der Waals surface area contributed by atoms with Crippen molar-refractivity contribution in [2.24, 2.45) is 0 Å². The topological polar surface area (TPSA) is 29.1 Å². The third kappa shape index (κ3) is 1.16. The average molecular weight is 163 g/mol. The molecular formula is C4H5BrNO. The predicted octanol–water partition coefficient (Wildman–Crippen LogP) is 0.0840. The summed E-state index contributed by atoms with van der Waals surface area (Å²) < 4.78 is 0. The molecule has 0 bridgehead atoms. The molecule has 0 aromatic carbocycles. The molecule has 1 fully saturated rings. The van der Waals surface area contributed by atoms with Crippen LogP contribution in [-0.4, -0.2) is 17.3 Å². The van der Waals surface area contributed by atoms with Crippen LogP contribution in [-0.2, 0) is 4.79 Å². The van der Waals surface area contributed by atoms with Crippen molar-refractivity contribution in [3.05, 3.63) is 6.42 Å². The molecule has 39 valence electrons. The highest BCUT2D eigenvalue weighted by Gasteiger charge is 2.17. The molecule has 0 aliphatic carbocycles. The predicted molar refractivity (Wildman–Crippen MR) is 30.0 cm³/mol. The Morgan fingerprint density at radius 2 is 2.71 bits per heavy atom. The second-order valence-electron chi connectivity index (χ2n) is 1.43. The van der Waals surface area contributed by atoms with Gasteiger partial charge >= 0.3 is 0 Å². The van der Waals surface area contributed by atoms with E-state index in [0.29, 0.717) is 0 Å². The van der Waals surface area contributed by atoms with Crippen LogP contribution in [0.2, 0.25) is 0 Å². The quantitative estimate of drug-likeness (QED) is 0.503. The summed E-state index contributed by atoms with van der Waals surface area (Å²) in [5, 5.41) is 2.63. The molecule has 1 aliphatic rings. The molecule has 7 heavy (non-hydrogen) atoms. The first-order chi connectivity index (χ1) is 3.29. The van der Waals surface area contributed by atoms with Crippen LogP contribution in [0.1, 0.15) is 0 Å². The molecule has 1 aliphatic heterocycles. The van der Waals surface area contributed by atoms with Gasteiger partial charge in [0.25, 0.3) is 0 Å². The minimum Gasteiger partial charge on any atom is -0.355 e. The molecule has 1 saturated heterocycles. The number of nitrogens with one attached hydrogen (secondary N) is 1. The standard InChI is InChI=1S/C4H5BrNO/c5-3-1-4(7)6-2-3/h1,3H,2H2,(H,6,7). The molecule has 1 atom stereocenters. The minimum atomic E-state index is 0.0295. The van der Waals surface area contributed by atoms with E-state index in [-0.39, 0.29) is 10.7 Å². The number of carbonyl (C=O) groups is 1. The summed E-state index contributed by atoms with van der Waals surface area (Å²) in [7, 11) is 0. The maximum absolute atomic E-state index is 10.3. The van der Waals surface area contributed by atoms with Crippen LogP contribution in [0.15, 0.2) is 0 Å². The maximum Gasteiger partial charge on any atom is 0.225 e. The van der Waals surface area contributed by atoms with Gasteiger partial charge in [-0.25, -0.2) is 0 Å². The Labute approximate surface area is 50.4 Å². The van der Waals surface area contributed by atoms with Gasteiger partial charge < -0.3 is 5.32 Å². The lowest BCUT2D eigenvalue weighted by atomic mass is 10.4. The third-order valence-electron chi connectivity index (χ3n) is 0.804. The van der Waals surface area contributed by atoms with E-state index >= 15 is 0 Å². The number of amides is 1. The molecule has 3 heteroatoms. The molecule has 1 unspecified atom stereocenters. The van der Waals surface area contributed by atoms with Gasteiger partial charge in [-0.05, 0) is 0 Å². The van der Waals surface area contributed by atoms with Crippen molar-refractivity contribution in [1.82, 2.24) is 5.32 Å². The summed E-state index contributed by atoms with van der Waals surface area (Å²) in [6.45, 7) is 0.735. The molecular weight excluding hydrogens is 158 g/mol. The highest BCUT2D eigenvalue weighted by atomic mass is 79.9. The van der Waals surface area contributed by atoms with Crippen LogP contribution in [0, 0.1) is 6.42 Å². The molecule has 2 nitrogen and oxygen atoms in total. The Balaban J connectivity index is 2.40. The van der Waals surface area contributed by atoms with Crippen molar-refractivity contribution in [1.29, 1.82) is 0 Å². The second-order valence-corrected chi connectivity index (χ2v) is 2.60. The zero-order chi connectivity index (χ0) is 5.28. The molecule has 1 amide bonds. The fraction of sp³-hybridized carbons (Fsp3) is 0.500. The van der Waals surface area contributed by atoms with Crippen LogP contribution in [0.3, 0.4) is 0 Å². The van der Waals surface area contributed by atoms with Crippen LogP contribution in [0.25, 0.3) is 0 Å². The van der Waals surface area contributed by atoms with Gasteiger partial charge in [0.05, 0.1) is 6.42 Å². The molecule has 1 radical (unpaired) electrons. The summed E-state index contributed by atoms with van der Waals surface area (Å²) in [4.78, 5) is 10.5. The largest absolute Gasteiger partial charge is 0.355 e. The lowest BCUT2D eigenvalue weighted by Crippen LogP contribution is -2.13. The molecule has 0 aromatic heterocycles. The van der Waals surface area contributed by atoms with E-state index in [9.17, 15) is 4.79 Å². The van der Waals surface area contributed by atoms with Crippen LogP contribution < -0.4 is 5.32 Å². The Kier molecular flexibility index (Phi) is 1.32. The summed E-state index contributed by atoms with van der Waals surface area (Å²) in [6, 6.07) is 0. The van der Waals surface area contributed by atoms with Crippen molar-refractivity contribution in [2.45, 2.75) is 4.83 Å². The van der Waals surface area contributed by atoms with Gasteiger partial charge in [0.2, 0.25) is 5.91 Å². The van der Waals surface area contributed by atoms with Gasteiger partial charge in [0, 0.05) is 11.4 Å². The number of alkyl halides is 1. The zero-order valence-electron chi connectivity index (χ0n) is 3.65. The first kappa shape index (κ1) is 5.09. The smallest absolute Gasteiger partial charge is 0.225 e. The Morgan fingerprint density at radius 1 is 2.00 bits per heavy atom. The lowest BCUT2D eigenvalue weighted by molar-refractivity contribution is -0.116. The zero-order valence-corrected chi connectivity index (χ0v) is 5.23. The number of carbonyl (C=O) groups excluding carboxylic acids is 1. The number of hydrogen-bond acceptors (Lipinski definition) is 1. The second kappa shape index (κ2) is 1.82. The van der Waals surface area contributed by atoms with E-state index in [1.807, 2.05) is 0 Å². The minimum absolute atomic E-state index is 0.0295. The van der Waals surface area contributed by atoms with Gasteiger partial charge in [-0.15, -0.1) is 0 Å². The summed E-state index contributed by atoms with van der Waals surface area (Å²) in [5.74, 6) is 0.0295. The van der Waals surface area contributed by atoms with Gasteiger partial charge in [-0.1, -0.05) is 15.9 Å². The molecule has 0 aromatic rings. The molecule has 1 heterocycles. The first-order valence-corrected chi connectivity index (χ1v) is 2.97. The SMILES string of the molecule is O=C1[CH]C(Br)CN1. The van der Waals surface area contributed by atoms with E-state index in [1.54, 1.807) is 6.42 Å². The highest BCUT2D eigenvalue weighted by molar-refractivity contribution is 9.09. The molecule has 0 spiro atoms. The molecule has 0 saturated carbocycles. The molecule has 1 N–H and O–H groups in total. The number of hydrogen-bond donors (Lipinski definition) is 1. The monoisotopic (exact) mass is 162 g/mol. The number of halogens is 1. The van der Waals surface area contributed by atoms with Crippen LogP contribution in [0.4, 0.5) is 0 Å². The van der Waals surface area contributed by atoms with E-state index < -0.39 is 0 Å². The Morgan fingerprint density at radius 3 is 2.86 bits per heavy atom.